The van der Waals surface area contributed by atoms with Gasteiger partial charge in [-0.1, -0.05) is 19.1 Å². The monoisotopic (exact) mass is 271 g/mol. The summed E-state index contributed by atoms with van der Waals surface area (Å²) in [4.78, 5) is 10.4. The Kier molecular flexibility index (Phi) is 5.15. The van der Waals surface area contributed by atoms with Crippen molar-refractivity contribution in [2.45, 2.75) is 26.2 Å². The highest BCUT2D eigenvalue weighted by molar-refractivity contribution is 7.92. The van der Waals surface area contributed by atoms with E-state index >= 15 is 0 Å². The lowest BCUT2D eigenvalue weighted by Gasteiger charge is -2.07. The summed E-state index contributed by atoms with van der Waals surface area (Å²) in [5, 5.41) is 8.55. The van der Waals surface area contributed by atoms with Crippen LogP contribution in [0.4, 0.5) is 5.69 Å². The molecule has 0 saturated carbocycles. The zero-order valence-electron chi connectivity index (χ0n) is 10.2. The van der Waals surface area contributed by atoms with E-state index in [1.54, 1.807) is 31.2 Å². The van der Waals surface area contributed by atoms with Crippen LogP contribution in [0.3, 0.4) is 0 Å². The van der Waals surface area contributed by atoms with E-state index in [-0.39, 0.29) is 12.2 Å². The Morgan fingerprint density at radius 3 is 2.39 bits per heavy atom. The fraction of sp³-hybridized carbons (Fsp3) is 0.417. The van der Waals surface area contributed by atoms with Gasteiger partial charge in [-0.25, -0.2) is 8.42 Å². The van der Waals surface area contributed by atoms with Crippen LogP contribution >= 0.6 is 0 Å². The quantitative estimate of drug-likeness (QED) is 0.792. The molecule has 0 amide bonds. The van der Waals surface area contributed by atoms with E-state index < -0.39 is 16.0 Å². The van der Waals surface area contributed by atoms with Crippen LogP contribution in [0.2, 0.25) is 0 Å². The number of carboxylic acids is 1. The number of carbonyl (C=O) groups is 1. The second-order valence-electron chi connectivity index (χ2n) is 4.01. The number of hydrogen-bond acceptors (Lipinski definition) is 3. The van der Waals surface area contributed by atoms with Crippen molar-refractivity contribution in [3.05, 3.63) is 29.8 Å². The highest BCUT2D eigenvalue weighted by Crippen LogP contribution is 2.13. The molecule has 0 fully saturated rings. The average molecular weight is 271 g/mol. The third kappa shape index (κ3) is 5.18. The highest BCUT2D eigenvalue weighted by atomic mass is 32.2. The fourth-order valence-electron chi connectivity index (χ4n) is 1.49. The van der Waals surface area contributed by atoms with Crippen molar-refractivity contribution in [3.63, 3.8) is 0 Å². The number of hydrogen-bond donors (Lipinski definition) is 2. The molecule has 0 atom stereocenters. The van der Waals surface area contributed by atoms with Crippen LogP contribution in [0.25, 0.3) is 0 Å². The third-order valence-electron chi connectivity index (χ3n) is 2.33. The smallest absolute Gasteiger partial charge is 0.303 e. The normalized spacial score (nSPS) is 11.2. The number of anilines is 1. The zero-order chi connectivity index (χ0) is 13.6. The summed E-state index contributed by atoms with van der Waals surface area (Å²) in [5.74, 6) is -0.754. The zero-order valence-corrected chi connectivity index (χ0v) is 11.0. The van der Waals surface area contributed by atoms with Gasteiger partial charge in [0, 0.05) is 12.1 Å². The van der Waals surface area contributed by atoms with Gasteiger partial charge >= 0.3 is 5.97 Å². The Morgan fingerprint density at radius 2 is 1.89 bits per heavy atom. The van der Waals surface area contributed by atoms with Crippen molar-refractivity contribution in [1.82, 2.24) is 0 Å². The first-order valence-electron chi connectivity index (χ1n) is 5.74. The maximum absolute atomic E-state index is 11.5. The molecule has 0 aromatic heterocycles. The van der Waals surface area contributed by atoms with Crippen molar-refractivity contribution in [2.24, 2.45) is 0 Å². The number of carboxylic acid groups (broad SMARTS) is 1. The van der Waals surface area contributed by atoms with Gasteiger partial charge in [0.1, 0.15) is 0 Å². The topological polar surface area (TPSA) is 83.5 Å². The summed E-state index contributed by atoms with van der Waals surface area (Å²) in [6.45, 7) is 1.80. The first-order chi connectivity index (χ1) is 8.43. The number of benzene rings is 1. The van der Waals surface area contributed by atoms with E-state index in [0.29, 0.717) is 18.5 Å². The Labute approximate surface area is 107 Å². The van der Waals surface area contributed by atoms with Crippen molar-refractivity contribution in [2.75, 3.05) is 10.5 Å². The van der Waals surface area contributed by atoms with Gasteiger partial charge in [-0.2, -0.15) is 0 Å². The Morgan fingerprint density at radius 1 is 1.28 bits per heavy atom. The first kappa shape index (κ1) is 14.5. The molecule has 2 N–H and O–H groups in total. The van der Waals surface area contributed by atoms with Gasteiger partial charge in [-0.15, -0.1) is 0 Å². The van der Waals surface area contributed by atoms with E-state index in [4.69, 9.17) is 5.11 Å². The van der Waals surface area contributed by atoms with Crippen LogP contribution in [0.15, 0.2) is 24.3 Å². The van der Waals surface area contributed by atoms with Crippen LogP contribution < -0.4 is 4.72 Å². The minimum Gasteiger partial charge on any atom is -0.481 e. The summed E-state index contributed by atoms with van der Waals surface area (Å²) in [5.41, 5.74) is 1.37. The summed E-state index contributed by atoms with van der Waals surface area (Å²) >= 11 is 0. The molecule has 1 rings (SSSR count). The fourth-order valence-corrected chi connectivity index (χ4v) is 2.62. The standard InChI is InChI=1S/C12H17NO4S/c1-2-9-18(16,17)13-11-6-3-10(4-7-11)5-8-12(14)15/h3-4,6-7,13H,2,5,8-9H2,1H3,(H,14,15). The molecule has 18 heavy (non-hydrogen) atoms. The second-order valence-corrected chi connectivity index (χ2v) is 5.85. The van der Waals surface area contributed by atoms with Gasteiger partial charge in [-0.3, -0.25) is 9.52 Å². The van der Waals surface area contributed by atoms with E-state index in [1.807, 2.05) is 0 Å². The number of nitrogens with one attached hydrogen (secondary N) is 1. The molecule has 0 radical (unpaired) electrons. The van der Waals surface area contributed by atoms with Crippen LogP contribution in [0.1, 0.15) is 25.3 Å². The molecule has 0 spiro atoms. The maximum Gasteiger partial charge on any atom is 0.303 e. The minimum absolute atomic E-state index is 0.0703. The molecule has 0 aliphatic heterocycles. The van der Waals surface area contributed by atoms with Crippen molar-refractivity contribution >= 4 is 21.7 Å². The Bertz CT molecular complexity index is 493. The Balaban J connectivity index is 2.63. The summed E-state index contributed by atoms with van der Waals surface area (Å²) in [7, 11) is -3.27. The molecule has 1 aromatic rings. The molecular weight excluding hydrogens is 254 g/mol. The van der Waals surface area contributed by atoms with Gasteiger partial charge in [0.15, 0.2) is 0 Å². The molecule has 5 nitrogen and oxygen atoms in total. The third-order valence-corrected chi connectivity index (χ3v) is 3.82. The van der Waals surface area contributed by atoms with Crippen LogP contribution in [-0.2, 0) is 21.2 Å². The summed E-state index contributed by atoms with van der Waals surface area (Å²) in [6.07, 6.45) is 1.07. The molecule has 1 aromatic carbocycles. The predicted octanol–water partition coefficient (Wildman–Crippen LogP) is 1.86. The van der Waals surface area contributed by atoms with Crippen LogP contribution in [0, 0.1) is 0 Å². The molecule has 0 bridgehead atoms. The van der Waals surface area contributed by atoms with E-state index in [1.165, 1.54) is 0 Å². The largest absolute Gasteiger partial charge is 0.481 e. The van der Waals surface area contributed by atoms with Crippen molar-refractivity contribution in [1.29, 1.82) is 0 Å². The summed E-state index contributed by atoms with van der Waals surface area (Å²) in [6, 6.07) is 6.74. The van der Waals surface area contributed by atoms with Gasteiger partial charge < -0.3 is 5.11 Å². The molecular formula is C12H17NO4S. The number of rotatable bonds is 7. The van der Waals surface area contributed by atoms with Gasteiger partial charge in [-0.05, 0) is 30.5 Å². The number of sulfonamides is 1. The van der Waals surface area contributed by atoms with E-state index in [2.05, 4.69) is 4.72 Å². The highest BCUT2D eigenvalue weighted by Gasteiger charge is 2.08. The molecule has 0 unspecified atom stereocenters. The number of aliphatic carboxylic acids is 1. The molecule has 100 valence electrons. The predicted molar refractivity (Wildman–Crippen MR) is 70.1 cm³/mol. The maximum atomic E-state index is 11.5. The SMILES string of the molecule is CCCS(=O)(=O)Nc1ccc(CCC(=O)O)cc1. The van der Waals surface area contributed by atoms with Crippen LogP contribution in [-0.4, -0.2) is 25.2 Å². The minimum atomic E-state index is -3.27. The molecule has 0 heterocycles. The summed E-state index contributed by atoms with van der Waals surface area (Å²) < 4.78 is 25.5. The lowest BCUT2D eigenvalue weighted by Crippen LogP contribution is -2.15. The number of aryl methyl sites for hydroxylation is 1. The molecule has 0 aliphatic carbocycles. The van der Waals surface area contributed by atoms with Gasteiger partial charge in [0.2, 0.25) is 10.0 Å². The lowest BCUT2D eigenvalue weighted by molar-refractivity contribution is -0.136. The molecule has 0 saturated heterocycles. The second kappa shape index (κ2) is 6.39. The average Bonchev–Trinajstić information content (AvgIpc) is 2.27. The van der Waals surface area contributed by atoms with Gasteiger partial charge in [0.25, 0.3) is 0 Å². The molecule has 6 heteroatoms. The van der Waals surface area contributed by atoms with E-state index in [0.717, 1.165) is 5.56 Å². The van der Waals surface area contributed by atoms with Crippen molar-refractivity contribution in [3.8, 4) is 0 Å². The Hall–Kier alpha value is -1.56. The first-order valence-corrected chi connectivity index (χ1v) is 7.39. The van der Waals surface area contributed by atoms with Crippen LogP contribution in [0.5, 0.6) is 0 Å². The van der Waals surface area contributed by atoms with E-state index in [9.17, 15) is 13.2 Å². The lowest BCUT2D eigenvalue weighted by atomic mass is 10.1. The molecule has 0 aliphatic rings. The van der Waals surface area contributed by atoms with Crippen molar-refractivity contribution < 1.29 is 18.3 Å². The van der Waals surface area contributed by atoms with Gasteiger partial charge in [0.05, 0.1) is 5.75 Å².